The molecule has 0 N–H and O–H groups in total. The first-order valence-corrected chi connectivity index (χ1v) is 28.5. The highest BCUT2D eigenvalue weighted by Gasteiger charge is 2.19. The standard InChI is InChI=1S/C59H108O6/c1-4-7-10-13-16-18-20-22-24-25-26-27-28-29-30-31-32-33-34-35-36-38-39-41-43-46-49-52-58(61)64-55-56(54-63-57(60)51-48-45-15-12-9-6-3)65-59(62)53-50-47-44-42-40-37-23-21-19-17-14-11-8-5-2/h14,17,21,23,25-26,56H,4-13,15-16,18-20,22,24,27-55H2,1-3H3/b17-14-,23-21-,26-25-. The van der Waals surface area contributed by atoms with Gasteiger partial charge in [0.2, 0.25) is 0 Å². The van der Waals surface area contributed by atoms with E-state index in [4.69, 9.17) is 14.2 Å². The third-order valence-electron chi connectivity index (χ3n) is 12.6. The molecule has 0 saturated carbocycles. The third kappa shape index (κ3) is 52.5. The van der Waals surface area contributed by atoms with Gasteiger partial charge in [-0.15, -0.1) is 0 Å². The van der Waals surface area contributed by atoms with E-state index in [-0.39, 0.29) is 31.1 Å². The maximum atomic E-state index is 12.7. The molecule has 0 spiro atoms. The second kappa shape index (κ2) is 54.2. The molecule has 0 rings (SSSR count). The lowest BCUT2D eigenvalue weighted by atomic mass is 10.0. The number of ether oxygens (including phenoxy) is 3. The van der Waals surface area contributed by atoms with Gasteiger partial charge in [-0.2, -0.15) is 0 Å². The fourth-order valence-corrected chi connectivity index (χ4v) is 8.28. The number of unbranched alkanes of at least 4 members (excludes halogenated alkanes) is 35. The van der Waals surface area contributed by atoms with E-state index in [1.807, 2.05) is 0 Å². The Labute approximate surface area is 404 Å². The number of esters is 3. The van der Waals surface area contributed by atoms with Crippen LogP contribution in [0.4, 0.5) is 0 Å². The number of rotatable bonds is 52. The van der Waals surface area contributed by atoms with Crippen LogP contribution in [-0.2, 0) is 28.6 Å². The zero-order valence-corrected chi connectivity index (χ0v) is 43.5. The molecule has 0 aliphatic rings. The number of carbonyl (C=O) groups excluding carboxylic acids is 3. The minimum Gasteiger partial charge on any atom is -0.462 e. The summed E-state index contributed by atoms with van der Waals surface area (Å²) in [5.74, 6) is -0.888. The fourth-order valence-electron chi connectivity index (χ4n) is 8.28. The molecule has 0 aromatic carbocycles. The lowest BCUT2D eigenvalue weighted by molar-refractivity contribution is -0.167. The van der Waals surface area contributed by atoms with Crippen LogP contribution in [0.1, 0.15) is 303 Å². The van der Waals surface area contributed by atoms with E-state index in [1.165, 1.54) is 180 Å². The van der Waals surface area contributed by atoms with Crippen molar-refractivity contribution in [1.29, 1.82) is 0 Å². The van der Waals surface area contributed by atoms with E-state index in [0.29, 0.717) is 19.3 Å². The summed E-state index contributed by atoms with van der Waals surface area (Å²) in [4.78, 5) is 37.8. The van der Waals surface area contributed by atoms with Gasteiger partial charge in [0.25, 0.3) is 0 Å². The molecule has 0 bridgehead atoms. The molecular formula is C59H108O6. The summed E-state index contributed by atoms with van der Waals surface area (Å²) in [5, 5.41) is 0. The molecule has 0 fully saturated rings. The highest BCUT2D eigenvalue weighted by Crippen LogP contribution is 2.16. The van der Waals surface area contributed by atoms with Crippen LogP contribution in [0.25, 0.3) is 0 Å². The second-order valence-electron chi connectivity index (χ2n) is 19.2. The first kappa shape index (κ1) is 62.6. The summed E-state index contributed by atoms with van der Waals surface area (Å²) in [6.07, 6.45) is 64.7. The Bertz CT molecular complexity index is 1090. The minimum atomic E-state index is -0.773. The topological polar surface area (TPSA) is 78.9 Å². The van der Waals surface area contributed by atoms with Gasteiger partial charge in [-0.1, -0.05) is 250 Å². The smallest absolute Gasteiger partial charge is 0.306 e. The molecule has 1 unspecified atom stereocenters. The van der Waals surface area contributed by atoms with E-state index in [0.717, 1.165) is 83.5 Å². The van der Waals surface area contributed by atoms with Gasteiger partial charge >= 0.3 is 17.9 Å². The van der Waals surface area contributed by atoms with Crippen molar-refractivity contribution in [2.75, 3.05) is 13.2 Å². The summed E-state index contributed by atoms with van der Waals surface area (Å²) in [5.41, 5.74) is 0. The molecule has 380 valence electrons. The summed E-state index contributed by atoms with van der Waals surface area (Å²) in [6.45, 7) is 6.55. The number of hydrogen-bond acceptors (Lipinski definition) is 6. The van der Waals surface area contributed by atoms with Crippen molar-refractivity contribution in [3.8, 4) is 0 Å². The highest BCUT2D eigenvalue weighted by molar-refractivity contribution is 5.71. The Hall–Kier alpha value is -2.37. The van der Waals surface area contributed by atoms with Crippen LogP contribution < -0.4 is 0 Å². The SMILES string of the molecule is CCCC/C=C\C/C=C\CCCCCCCC(=O)OC(COC(=O)CCCCCCCC)COC(=O)CCCCCCCCCCCCCCCCC/C=C\CCCCCCCCCC. The predicted molar refractivity (Wildman–Crippen MR) is 279 cm³/mol. The molecule has 0 aliphatic carbocycles. The molecule has 0 heterocycles. The molecule has 0 aromatic heterocycles. The summed E-state index contributed by atoms with van der Waals surface area (Å²) in [6, 6.07) is 0. The van der Waals surface area contributed by atoms with Crippen molar-refractivity contribution < 1.29 is 28.6 Å². The van der Waals surface area contributed by atoms with Crippen LogP contribution in [0, 0.1) is 0 Å². The van der Waals surface area contributed by atoms with Gasteiger partial charge < -0.3 is 14.2 Å². The molecule has 0 aliphatic heterocycles. The molecule has 1 atom stereocenters. The maximum Gasteiger partial charge on any atom is 0.306 e. The van der Waals surface area contributed by atoms with Crippen LogP contribution in [0.5, 0.6) is 0 Å². The zero-order valence-electron chi connectivity index (χ0n) is 43.5. The Morgan fingerprint density at radius 1 is 0.308 bits per heavy atom. The van der Waals surface area contributed by atoms with E-state index in [2.05, 4.69) is 57.2 Å². The van der Waals surface area contributed by atoms with Gasteiger partial charge in [-0.3, -0.25) is 14.4 Å². The Morgan fingerprint density at radius 2 is 0.569 bits per heavy atom. The maximum absolute atomic E-state index is 12.7. The van der Waals surface area contributed by atoms with Crippen molar-refractivity contribution in [3.63, 3.8) is 0 Å². The van der Waals surface area contributed by atoms with E-state index >= 15 is 0 Å². The van der Waals surface area contributed by atoms with Crippen LogP contribution in [0.15, 0.2) is 36.5 Å². The van der Waals surface area contributed by atoms with Gasteiger partial charge in [0, 0.05) is 19.3 Å². The number of allylic oxidation sites excluding steroid dienone is 6. The normalized spacial score (nSPS) is 12.2. The Kier molecular flexibility index (Phi) is 52.3. The molecule has 0 saturated heterocycles. The summed E-state index contributed by atoms with van der Waals surface area (Å²) < 4.78 is 16.7. The van der Waals surface area contributed by atoms with Crippen LogP contribution in [0.2, 0.25) is 0 Å². The molecule has 0 amide bonds. The molecule has 0 radical (unpaired) electrons. The monoisotopic (exact) mass is 913 g/mol. The largest absolute Gasteiger partial charge is 0.462 e. The zero-order chi connectivity index (χ0) is 47.2. The lowest BCUT2D eigenvalue weighted by Crippen LogP contribution is -2.30. The quantitative estimate of drug-likeness (QED) is 0.0262. The molecular weight excluding hydrogens is 805 g/mol. The van der Waals surface area contributed by atoms with Gasteiger partial charge in [-0.25, -0.2) is 0 Å². The third-order valence-corrected chi connectivity index (χ3v) is 12.6. The Balaban J connectivity index is 4.03. The predicted octanol–water partition coefficient (Wildman–Crippen LogP) is 18.9. The first-order valence-electron chi connectivity index (χ1n) is 28.5. The van der Waals surface area contributed by atoms with Gasteiger partial charge in [0.1, 0.15) is 13.2 Å². The van der Waals surface area contributed by atoms with E-state index in [9.17, 15) is 14.4 Å². The molecule has 6 heteroatoms. The number of carbonyl (C=O) groups is 3. The van der Waals surface area contributed by atoms with Crippen molar-refractivity contribution in [3.05, 3.63) is 36.5 Å². The highest BCUT2D eigenvalue weighted by atomic mass is 16.6. The van der Waals surface area contributed by atoms with Crippen molar-refractivity contribution in [2.24, 2.45) is 0 Å². The fraction of sp³-hybridized carbons (Fsp3) is 0.847. The van der Waals surface area contributed by atoms with Crippen molar-refractivity contribution in [1.82, 2.24) is 0 Å². The molecule has 65 heavy (non-hydrogen) atoms. The first-order chi connectivity index (χ1) is 32.0. The molecule has 6 nitrogen and oxygen atoms in total. The van der Waals surface area contributed by atoms with E-state index in [1.54, 1.807) is 0 Å². The molecule has 0 aromatic rings. The van der Waals surface area contributed by atoms with Crippen LogP contribution in [0.3, 0.4) is 0 Å². The average molecular weight is 914 g/mol. The van der Waals surface area contributed by atoms with Crippen molar-refractivity contribution in [2.45, 2.75) is 309 Å². The second-order valence-corrected chi connectivity index (χ2v) is 19.2. The lowest BCUT2D eigenvalue weighted by Gasteiger charge is -2.18. The van der Waals surface area contributed by atoms with Crippen molar-refractivity contribution >= 4 is 17.9 Å². The van der Waals surface area contributed by atoms with E-state index < -0.39 is 6.10 Å². The summed E-state index contributed by atoms with van der Waals surface area (Å²) in [7, 11) is 0. The van der Waals surface area contributed by atoms with Gasteiger partial charge in [-0.05, 0) is 70.6 Å². The Morgan fingerprint density at radius 3 is 0.908 bits per heavy atom. The summed E-state index contributed by atoms with van der Waals surface area (Å²) >= 11 is 0. The average Bonchev–Trinajstić information content (AvgIpc) is 3.30. The van der Waals surface area contributed by atoms with Crippen LogP contribution >= 0.6 is 0 Å². The van der Waals surface area contributed by atoms with Gasteiger partial charge in [0.05, 0.1) is 0 Å². The number of hydrogen-bond donors (Lipinski definition) is 0. The van der Waals surface area contributed by atoms with Crippen LogP contribution in [-0.4, -0.2) is 37.2 Å². The minimum absolute atomic E-state index is 0.0752. The van der Waals surface area contributed by atoms with Gasteiger partial charge in [0.15, 0.2) is 6.10 Å².